The first-order valence-corrected chi connectivity index (χ1v) is 7.56. The lowest BCUT2D eigenvalue weighted by atomic mass is 10.2. The summed E-state index contributed by atoms with van der Waals surface area (Å²) < 4.78 is 23.9. The highest BCUT2D eigenvalue weighted by Gasteiger charge is 2.04. The van der Waals surface area contributed by atoms with Crippen LogP contribution < -0.4 is 14.8 Å². The van der Waals surface area contributed by atoms with Crippen LogP contribution >= 0.6 is 0 Å². The van der Waals surface area contributed by atoms with Crippen molar-refractivity contribution in [1.82, 2.24) is 0 Å². The number of aryl methyl sites for hydroxylation is 1. The van der Waals surface area contributed by atoms with E-state index >= 15 is 0 Å². The SMILES string of the molecule is C=C(CCCOc1ccc(OC)c(F)c1)Nc1ccc(C)cc1. The van der Waals surface area contributed by atoms with Gasteiger partial charge in [-0.2, -0.15) is 0 Å². The van der Waals surface area contributed by atoms with Crippen LogP contribution in [-0.4, -0.2) is 13.7 Å². The number of benzene rings is 2. The fourth-order valence-corrected chi connectivity index (χ4v) is 2.12. The summed E-state index contributed by atoms with van der Waals surface area (Å²) in [5.41, 5.74) is 3.18. The molecule has 0 radical (unpaired) electrons. The molecule has 4 heteroatoms. The molecule has 122 valence electrons. The highest BCUT2D eigenvalue weighted by Crippen LogP contribution is 2.22. The van der Waals surface area contributed by atoms with Gasteiger partial charge in [-0.25, -0.2) is 4.39 Å². The monoisotopic (exact) mass is 315 g/mol. The molecule has 0 saturated carbocycles. The molecule has 3 nitrogen and oxygen atoms in total. The van der Waals surface area contributed by atoms with E-state index in [1.807, 2.05) is 12.1 Å². The van der Waals surface area contributed by atoms with Crippen molar-refractivity contribution in [3.05, 3.63) is 66.1 Å². The Morgan fingerprint density at radius 1 is 1.17 bits per heavy atom. The number of halogens is 1. The number of anilines is 1. The van der Waals surface area contributed by atoms with Crippen LogP contribution in [0.3, 0.4) is 0 Å². The molecule has 0 spiro atoms. The van der Waals surface area contributed by atoms with E-state index in [1.54, 1.807) is 12.1 Å². The van der Waals surface area contributed by atoms with E-state index in [0.29, 0.717) is 12.4 Å². The zero-order chi connectivity index (χ0) is 16.7. The fourth-order valence-electron chi connectivity index (χ4n) is 2.12. The molecule has 1 N–H and O–H groups in total. The summed E-state index contributed by atoms with van der Waals surface area (Å²) in [4.78, 5) is 0. The Hall–Kier alpha value is -2.49. The Labute approximate surface area is 136 Å². The Morgan fingerprint density at radius 3 is 2.57 bits per heavy atom. The van der Waals surface area contributed by atoms with Crippen LogP contribution in [0.2, 0.25) is 0 Å². The molecule has 23 heavy (non-hydrogen) atoms. The zero-order valence-electron chi connectivity index (χ0n) is 13.6. The Bertz CT molecular complexity index is 653. The Kier molecular flexibility index (Phi) is 6.03. The molecule has 2 aromatic carbocycles. The summed E-state index contributed by atoms with van der Waals surface area (Å²) >= 11 is 0. The van der Waals surface area contributed by atoms with Crippen molar-refractivity contribution in [2.24, 2.45) is 0 Å². The van der Waals surface area contributed by atoms with Gasteiger partial charge in [0, 0.05) is 17.5 Å². The van der Waals surface area contributed by atoms with Crippen LogP contribution in [0.5, 0.6) is 11.5 Å². The van der Waals surface area contributed by atoms with E-state index in [9.17, 15) is 4.39 Å². The van der Waals surface area contributed by atoms with E-state index in [1.165, 1.54) is 18.7 Å². The predicted molar refractivity (Wildman–Crippen MR) is 91.6 cm³/mol. The number of allylic oxidation sites excluding steroid dienone is 1. The first-order chi connectivity index (χ1) is 11.1. The van der Waals surface area contributed by atoms with Crippen molar-refractivity contribution in [3.63, 3.8) is 0 Å². The van der Waals surface area contributed by atoms with Crippen LogP contribution in [0.4, 0.5) is 10.1 Å². The maximum atomic E-state index is 13.5. The van der Waals surface area contributed by atoms with Crippen LogP contribution in [0.1, 0.15) is 18.4 Å². The lowest BCUT2D eigenvalue weighted by molar-refractivity contribution is 0.307. The minimum atomic E-state index is -0.421. The third kappa shape index (κ3) is 5.33. The van der Waals surface area contributed by atoms with Crippen molar-refractivity contribution < 1.29 is 13.9 Å². The van der Waals surface area contributed by atoms with E-state index < -0.39 is 5.82 Å². The molecule has 0 atom stereocenters. The molecule has 2 aromatic rings. The minimum absolute atomic E-state index is 0.216. The quantitative estimate of drug-likeness (QED) is 0.701. The van der Waals surface area contributed by atoms with E-state index in [2.05, 4.69) is 31.0 Å². The average Bonchev–Trinajstić information content (AvgIpc) is 2.54. The summed E-state index contributed by atoms with van der Waals surface area (Å²) in [6.07, 6.45) is 1.58. The molecule has 0 heterocycles. The summed E-state index contributed by atoms with van der Waals surface area (Å²) in [5, 5.41) is 3.27. The van der Waals surface area contributed by atoms with Gasteiger partial charge in [-0.15, -0.1) is 0 Å². The first-order valence-electron chi connectivity index (χ1n) is 7.56. The molecule has 0 aliphatic rings. The maximum absolute atomic E-state index is 13.5. The van der Waals surface area contributed by atoms with Gasteiger partial charge >= 0.3 is 0 Å². The lowest BCUT2D eigenvalue weighted by Gasteiger charge is -2.11. The van der Waals surface area contributed by atoms with Crippen molar-refractivity contribution in [2.45, 2.75) is 19.8 Å². The molecule has 0 amide bonds. The number of hydrogen-bond acceptors (Lipinski definition) is 3. The fraction of sp³-hybridized carbons (Fsp3) is 0.263. The van der Waals surface area contributed by atoms with Crippen LogP contribution in [0.25, 0.3) is 0 Å². The standard InChI is InChI=1S/C19H22FNO2/c1-14-6-8-16(9-7-14)21-15(2)5-4-12-23-17-10-11-19(22-3)18(20)13-17/h6-11,13,21H,2,4-5,12H2,1,3H3. The van der Waals surface area contributed by atoms with Crippen molar-refractivity contribution >= 4 is 5.69 Å². The largest absolute Gasteiger partial charge is 0.494 e. The number of methoxy groups -OCH3 is 1. The molecule has 0 saturated heterocycles. The molecule has 0 unspecified atom stereocenters. The number of ether oxygens (including phenoxy) is 2. The number of nitrogens with one attached hydrogen (secondary N) is 1. The first kappa shape index (κ1) is 16.9. The van der Waals surface area contributed by atoms with Gasteiger partial charge in [0.1, 0.15) is 5.75 Å². The Balaban J connectivity index is 1.71. The van der Waals surface area contributed by atoms with Gasteiger partial charge in [-0.1, -0.05) is 24.3 Å². The van der Waals surface area contributed by atoms with Gasteiger partial charge in [0.05, 0.1) is 13.7 Å². The predicted octanol–water partition coefficient (Wildman–Crippen LogP) is 4.93. The summed E-state index contributed by atoms with van der Waals surface area (Å²) in [6, 6.07) is 12.7. The molecule has 0 bridgehead atoms. The summed E-state index contributed by atoms with van der Waals surface area (Å²) in [7, 11) is 1.44. The highest BCUT2D eigenvalue weighted by atomic mass is 19.1. The second kappa shape index (κ2) is 8.22. The smallest absolute Gasteiger partial charge is 0.168 e. The molecule has 0 fully saturated rings. The van der Waals surface area contributed by atoms with E-state index in [0.717, 1.165) is 24.2 Å². The van der Waals surface area contributed by atoms with E-state index in [4.69, 9.17) is 9.47 Å². The van der Waals surface area contributed by atoms with Crippen LogP contribution in [0, 0.1) is 12.7 Å². The summed E-state index contributed by atoms with van der Waals surface area (Å²) in [5.74, 6) is 0.295. The minimum Gasteiger partial charge on any atom is -0.494 e. The zero-order valence-corrected chi connectivity index (χ0v) is 13.6. The molecular formula is C19H22FNO2. The van der Waals surface area contributed by atoms with Gasteiger partial charge in [0.25, 0.3) is 0 Å². The molecule has 2 rings (SSSR count). The van der Waals surface area contributed by atoms with Crippen LogP contribution in [0.15, 0.2) is 54.7 Å². The van der Waals surface area contributed by atoms with Crippen molar-refractivity contribution in [1.29, 1.82) is 0 Å². The molecule has 0 aromatic heterocycles. The van der Waals surface area contributed by atoms with Crippen molar-refractivity contribution in [3.8, 4) is 11.5 Å². The van der Waals surface area contributed by atoms with Gasteiger partial charge < -0.3 is 14.8 Å². The van der Waals surface area contributed by atoms with Crippen molar-refractivity contribution in [2.75, 3.05) is 19.0 Å². The molecule has 0 aliphatic heterocycles. The Morgan fingerprint density at radius 2 is 1.91 bits per heavy atom. The molecular weight excluding hydrogens is 293 g/mol. The normalized spacial score (nSPS) is 10.2. The highest BCUT2D eigenvalue weighted by molar-refractivity contribution is 5.48. The van der Waals surface area contributed by atoms with Gasteiger partial charge in [-0.05, 0) is 44.0 Å². The van der Waals surface area contributed by atoms with Crippen LogP contribution in [-0.2, 0) is 0 Å². The van der Waals surface area contributed by atoms with E-state index in [-0.39, 0.29) is 5.75 Å². The van der Waals surface area contributed by atoms with Gasteiger partial charge in [0.2, 0.25) is 0 Å². The van der Waals surface area contributed by atoms with Gasteiger partial charge in [0.15, 0.2) is 11.6 Å². The third-order valence-corrected chi connectivity index (χ3v) is 3.39. The maximum Gasteiger partial charge on any atom is 0.168 e. The second-order valence-electron chi connectivity index (χ2n) is 5.34. The van der Waals surface area contributed by atoms with Gasteiger partial charge in [-0.3, -0.25) is 0 Å². The number of hydrogen-bond donors (Lipinski definition) is 1. The summed E-state index contributed by atoms with van der Waals surface area (Å²) in [6.45, 7) is 6.56. The second-order valence-corrected chi connectivity index (χ2v) is 5.34. The lowest BCUT2D eigenvalue weighted by Crippen LogP contribution is -2.03. The molecule has 0 aliphatic carbocycles. The third-order valence-electron chi connectivity index (χ3n) is 3.39. The average molecular weight is 315 g/mol. The topological polar surface area (TPSA) is 30.5 Å². The number of rotatable bonds is 8.